The predicted molar refractivity (Wildman–Crippen MR) is 79.8 cm³/mol. The molecule has 106 valence electrons. The third kappa shape index (κ3) is 2.16. The Balaban J connectivity index is 2.81. The van der Waals surface area contributed by atoms with Gasteiger partial charge < -0.3 is 9.88 Å². The Morgan fingerprint density at radius 2 is 2.15 bits per heavy atom. The molecule has 0 saturated heterocycles. The first-order valence-corrected chi connectivity index (χ1v) is 7.25. The SMILES string of the molecule is CCNC(=O)c1cn(C)c2c(CC)c(C=O)sc2c1=O. The number of aryl methyl sites for hydroxylation is 2. The van der Waals surface area contributed by atoms with Gasteiger partial charge in [0.15, 0.2) is 6.29 Å². The molecule has 2 rings (SSSR count). The smallest absolute Gasteiger partial charge is 0.256 e. The third-order valence-electron chi connectivity index (χ3n) is 3.18. The molecule has 20 heavy (non-hydrogen) atoms. The van der Waals surface area contributed by atoms with Crippen LogP contribution < -0.4 is 10.7 Å². The van der Waals surface area contributed by atoms with Crippen molar-refractivity contribution >= 4 is 33.7 Å². The van der Waals surface area contributed by atoms with Crippen LogP contribution >= 0.6 is 11.3 Å². The summed E-state index contributed by atoms with van der Waals surface area (Å²) in [7, 11) is 1.78. The molecule has 0 saturated carbocycles. The molecule has 0 aromatic carbocycles. The van der Waals surface area contributed by atoms with Crippen LogP contribution in [0.3, 0.4) is 0 Å². The van der Waals surface area contributed by atoms with E-state index in [1.165, 1.54) is 6.20 Å². The average Bonchev–Trinajstić information content (AvgIpc) is 2.82. The highest BCUT2D eigenvalue weighted by Crippen LogP contribution is 2.28. The van der Waals surface area contributed by atoms with Gasteiger partial charge in [-0.1, -0.05) is 6.92 Å². The van der Waals surface area contributed by atoms with Gasteiger partial charge in [-0.2, -0.15) is 0 Å². The van der Waals surface area contributed by atoms with Gasteiger partial charge in [-0.05, 0) is 18.9 Å². The molecule has 0 aliphatic rings. The molecule has 0 bridgehead atoms. The number of amides is 1. The van der Waals surface area contributed by atoms with Gasteiger partial charge in [-0.25, -0.2) is 0 Å². The van der Waals surface area contributed by atoms with Crippen LogP contribution in [0.15, 0.2) is 11.0 Å². The fourth-order valence-corrected chi connectivity index (χ4v) is 3.49. The number of hydrogen-bond acceptors (Lipinski definition) is 4. The Bertz CT molecular complexity index is 743. The van der Waals surface area contributed by atoms with E-state index >= 15 is 0 Å². The number of rotatable bonds is 4. The van der Waals surface area contributed by atoms with E-state index in [9.17, 15) is 14.4 Å². The Morgan fingerprint density at radius 3 is 2.70 bits per heavy atom. The van der Waals surface area contributed by atoms with E-state index in [4.69, 9.17) is 0 Å². The quantitative estimate of drug-likeness (QED) is 0.873. The number of aldehydes is 1. The minimum absolute atomic E-state index is 0.114. The van der Waals surface area contributed by atoms with E-state index in [1.54, 1.807) is 18.5 Å². The molecule has 1 N–H and O–H groups in total. The van der Waals surface area contributed by atoms with Gasteiger partial charge in [0.2, 0.25) is 5.43 Å². The van der Waals surface area contributed by atoms with Gasteiger partial charge in [0.05, 0.1) is 15.1 Å². The monoisotopic (exact) mass is 292 g/mol. The lowest BCUT2D eigenvalue weighted by Crippen LogP contribution is -2.29. The molecule has 5 nitrogen and oxygen atoms in total. The molecule has 0 aliphatic heterocycles. The number of nitrogens with one attached hydrogen (secondary N) is 1. The lowest BCUT2D eigenvalue weighted by Gasteiger charge is -2.07. The first-order valence-electron chi connectivity index (χ1n) is 6.43. The van der Waals surface area contributed by atoms with Gasteiger partial charge in [0.25, 0.3) is 5.91 Å². The van der Waals surface area contributed by atoms with Crippen molar-refractivity contribution in [1.82, 2.24) is 9.88 Å². The van der Waals surface area contributed by atoms with E-state index in [0.29, 0.717) is 22.5 Å². The zero-order chi connectivity index (χ0) is 14.9. The molecule has 2 aromatic heterocycles. The van der Waals surface area contributed by atoms with E-state index in [-0.39, 0.29) is 16.9 Å². The molecule has 0 unspecified atom stereocenters. The summed E-state index contributed by atoms with van der Waals surface area (Å²) in [5, 5.41) is 2.63. The first-order chi connectivity index (χ1) is 9.54. The maximum atomic E-state index is 12.4. The van der Waals surface area contributed by atoms with Gasteiger partial charge >= 0.3 is 0 Å². The number of pyridine rings is 1. The second kappa shape index (κ2) is 5.58. The highest BCUT2D eigenvalue weighted by molar-refractivity contribution is 7.20. The topological polar surface area (TPSA) is 68.2 Å². The fourth-order valence-electron chi connectivity index (χ4n) is 2.29. The summed E-state index contributed by atoms with van der Waals surface area (Å²) in [4.78, 5) is 36.0. The number of carbonyl (C=O) groups excluding carboxylic acids is 2. The molecule has 0 radical (unpaired) electrons. The van der Waals surface area contributed by atoms with Crippen molar-refractivity contribution in [3.63, 3.8) is 0 Å². The second-order valence-corrected chi connectivity index (χ2v) is 5.49. The minimum atomic E-state index is -0.380. The van der Waals surface area contributed by atoms with Crippen molar-refractivity contribution < 1.29 is 9.59 Å². The minimum Gasteiger partial charge on any atom is -0.352 e. The van der Waals surface area contributed by atoms with Crippen molar-refractivity contribution in [2.75, 3.05) is 6.54 Å². The molecule has 1 amide bonds. The van der Waals surface area contributed by atoms with Gasteiger partial charge in [0.1, 0.15) is 5.56 Å². The summed E-state index contributed by atoms with van der Waals surface area (Å²) >= 11 is 1.16. The molecule has 6 heteroatoms. The summed E-state index contributed by atoms with van der Waals surface area (Å²) in [6, 6.07) is 0. The van der Waals surface area contributed by atoms with Crippen molar-refractivity contribution in [3.8, 4) is 0 Å². The highest BCUT2D eigenvalue weighted by Gasteiger charge is 2.19. The highest BCUT2D eigenvalue weighted by atomic mass is 32.1. The van der Waals surface area contributed by atoms with Gasteiger partial charge in [-0.15, -0.1) is 11.3 Å². The Labute approximate surface area is 120 Å². The molecule has 2 heterocycles. The molecule has 0 atom stereocenters. The van der Waals surface area contributed by atoms with Crippen LogP contribution in [0.4, 0.5) is 0 Å². The number of carbonyl (C=O) groups is 2. The van der Waals surface area contributed by atoms with Crippen LogP contribution in [-0.2, 0) is 13.5 Å². The zero-order valence-corrected chi connectivity index (χ0v) is 12.5. The van der Waals surface area contributed by atoms with E-state index in [1.807, 2.05) is 6.92 Å². The van der Waals surface area contributed by atoms with Crippen LogP contribution in [0.2, 0.25) is 0 Å². The zero-order valence-electron chi connectivity index (χ0n) is 11.6. The van der Waals surface area contributed by atoms with Crippen LogP contribution in [0.25, 0.3) is 10.2 Å². The van der Waals surface area contributed by atoms with Crippen molar-refractivity contribution in [1.29, 1.82) is 0 Å². The van der Waals surface area contributed by atoms with Gasteiger partial charge in [-0.3, -0.25) is 14.4 Å². The largest absolute Gasteiger partial charge is 0.352 e. The first kappa shape index (κ1) is 14.5. The molecule has 0 spiro atoms. The summed E-state index contributed by atoms with van der Waals surface area (Å²) < 4.78 is 2.22. The summed E-state index contributed by atoms with van der Waals surface area (Å²) in [6.07, 6.45) is 2.98. The normalized spacial score (nSPS) is 10.8. The molecular formula is C14H16N2O3S. The Hall–Kier alpha value is -1.95. The number of nitrogens with zero attached hydrogens (tertiary/aromatic N) is 1. The van der Waals surface area contributed by atoms with Crippen LogP contribution in [0.5, 0.6) is 0 Å². The number of fused-ring (bicyclic) bond motifs is 1. The predicted octanol–water partition coefficient (Wildman–Crippen LogP) is 1.72. The van der Waals surface area contributed by atoms with Crippen LogP contribution in [0, 0.1) is 0 Å². The standard InChI is InChI=1S/C14H16N2O3S/c1-4-8-10(7-17)20-13-11(8)16(3)6-9(12(13)18)14(19)15-5-2/h6-7H,4-5H2,1-3H3,(H,15,19). The fraction of sp³-hybridized carbons (Fsp3) is 0.357. The summed E-state index contributed by atoms with van der Waals surface area (Å²) in [6.45, 7) is 4.20. The lowest BCUT2D eigenvalue weighted by molar-refractivity contribution is 0.0954. The maximum absolute atomic E-state index is 12.4. The van der Waals surface area contributed by atoms with Gasteiger partial charge in [0, 0.05) is 19.8 Å². The maximum Gasteiger partial charge on any atom is 0.256 e. The van der Waals surface area contributed by atoms with Crippen molar-refractivity contribution in [3.05, 3.63) is 32.4 Å². The molecular weight excluding hydrogens is 276 g/mol. The average molecular weight is 292 g/mol. The number of aromatic nitrogens is 1. The van der Waals surface area contributed by atoms with Crippen molar-refractivity contribution in [2.24, 2.45) is 7.05 Å². The number of thiophene rings is 1. The summed E-state index contributed by atoms with van der Waals surface area (Å²) in [5.74, 6) is -0.380. The lowest BCUT2D eigenvalue weighted by atomic mass is 10.1. The Kier molecular flexibility index (Phi) is 4.04. The third-order valence-corrected chi connectivity index (χ3v) is 4.32. The van der Waals surface area contributed by atoms with E-state index < -0.39 is 0 Å². The van der Waals surface area contributed by atoms with Crippen LogP contribution in [0.1, 0.15) is 39.4 Å². The number of hydrogen-bond donors (Lipinski definition) is 1. The van der Waals surface area contributed by atoms with Crippen molar-refractivity contribution in [2.45, 2.75) is 20.3 Å². The molecule has 0 aliphatic carbocycles. The second-order valence-electron chi connectivity index (χ2n) is 4.44. The van der Waals surface area contributed by atoms with Crippen LogP contribution in [-0.4, -0.2) is 23.3 Å². The van der Waals surface area contributed by atoms with E-state index in [0.717, 1.165) is 28.7 Å². The van der Waals surface area contributed by atoms with E-state index in [2.05, 4.69) is 5.32 Å². The molecule has 0 fully saturated rings. The Morgan fingerprint density at radius 1 is 1.45 bits per heavy atom. The summed E-state index contributed by atoms with van der Waals surface area (Å²) in [5.41, 5.74) is 1.42. The molecule has 2 aromatic rings.